The Hall–Kier alpha value is -2.68. The van der Waals surface area contributed by atoms with E-state index in [2.05, 4.69) is 28.0 Å². The van der Waals surface area contributed by atoms with Crippen molar-refractivity contribution in [3.05, 3.63) is 29.8 Å². The average Bonchev–Trinajstić information content (AvgIpc) is 2.74. The maximum absolute atomic E-state index is 11.8. The summed E-state index contributed by atoms with van der Waals surface area (Å²) in [6, 6.07) is 3.91. The summed E-state index contributed by atoms with van der Waals surface area (Å²) in [5.74, 6) is -2.88. The van der Waals surface area contributed by atoms with Gasteiger partial charge in [0, 0.05) is 12.2 Å². The van der Waals surface area contributed by atoms with Crippen LogP contribution in [0, 0.1) is 6.92 Å². The molecule has 1 aromatic carbocycles. The third-order valence-electron chi connectivity index (χ3n) is 3.87. The van der Waals surface area contributed by atoms with Gasteiger partial charge in [0.2, 0.25) is 11.8 Å². The first-order valence-electron chi connectivity index (χ1n) is 9.67. The summed E-state index contributed by atoms with van der Waals surface area (Å²) >= 11 is 3.95. The number of amides is 2. The van der Waals surface area contributed by atoms with E-state index in [9.17, 15) is 27.6 Å². The van der Waals surface area contributed by atoms with Crippen LogP contribution in [-0.2, 0) is 34.0 Å². The molecule has 0 unspecified atom stereocenters. The zero-order chi connectivity index (χ0) is 25.6. The zero-order valence-corrected chi connectivity index (χ0v) is 19.9. The minimum atomic E-state index is -4.02. The van der Waals surface area contributed by atoms with Gasteiger partial charge < -0.3 is 26.2 Å². The number of carboxylic acids is 1. The molecule has 0 aliphatic rings. The van der Waals surface area contributed by atoms with E-state index in [1.165, 1.54) is 12.1 Å². The van der Waals surface area contributed by atoms with Crippen LogP contribution in [0.4, 0.5) is 0 Å². The number of hydrogen-bond acceptors (Lipinski definition) is 9. The van der Waals surface area contributed by atoms with Crippen LogP contribution in [0.15, 0.2) is 29.2 Å². The molecule has 33 heavy (non-hydrogen) atoms. The fraction of sp³-hybridized carbons (Fsp3) is 0.474. The number of carbonyl (C=O) groups is 4. The van der Waals surface area contributed by atoms with E-state index >= 15 is 0 Å². The lowest BCUT2D eigenvalue weighted by atomic mass is 10.1. The summed E-state index contributed by atoms with van der Waals surface area (Å²) in [5, 5.41) is 13.3. The molecule has 0 bridgehead atoms. The Balaban J connectivity index is 0.000000771. The van der Waals surface area contributed by atoms with E-state index < -0.39 is 46.0 Å². The van der Waals surface area contributed by atoms with E-state index in [0.29, 0.717) is 0 Å². The lowest BCUT2D eigenvalue weighted by Gasteiger charge is -2.16. The minimum Gasteiger partial charge on any atom is -0.480 e. The number of aryl methyl sites for hydroxylation is 1. The Labute approximate surface area is 197 Å². The number of thiol groups is 1. The second-order valence-corrected chi connectivity index (χ2v) is 8.38. The number of carbonyl (C=O) groups excluding carboxylic acids is 3. The quantitative estimate of drug-likeness (QED) is 0.129. The van der Waals surface area contributed by atoms with Gasteiger partial charge in [0.15, 0.2) is 0 Å². The van der Waals surface area contributed by atoms with Crippen molar-refractivity contribution in [3.63, 3.8) is 0 Å². The number of carboxylic acid groups (broad SMARTS) is 1. The first kappa shape index (κ1) is 30.3. The summed E-state index contributed by atoms with van der Waals surface area (Å²) in [7, 11) is -4.02. The predicted octanol–water partition coefficient (Wildman–Crippen LogP) is -0.486. The van der Waals surface area contributed by atoms with Gasteiger partial charge in [-0.05, 0) is 32.4 Å². The van der Waals surface area contributed by atoms with Crippen molar-refractivity contribution in [1.29, 1.82) is 0 Å². The molecule has 0 aromatic heterocycles. The molecule has 14 heteroatoms. The lowest BCUT2D eigenvalue weighted by Crippen LogP contribution is -2.49. The molecule has 2 amide bonds. The number of aliphatic carboxylic acids is 1. The van der Waals surface area contributed by atoms with E-state index in [-0.39, 0.29) is 36.6 Å². The van der Waals surface area contributed by atoms with Gasteiger partial charge in [-0.25, -0.2) is 0 Å². The van der Waals surface area contributed by atoms with Crippen LogP contribution in [0.1, 0.15) is 25.3 Å². The molecule has 0 saturated heterocycles. The molecule has 0 aliphatic carbocycles. The predicted molar refractivity (Wildman–Crippen MR) is 121 cm³/mol. The normalized spacial score (nSPS) is 12.4. The van der Waals surface area contributed by atoms with Gasteiger partial charge in [0.1, 0.15) is 18.6 Å². The maximum Gasteiger partial charge on any atom is 0.325 e. The molecule has 2 atom stereocenters. The minimum absolute atomic E-state index is 0.0192. The lowest BCUT2D eigenvalue weighted by molar-refractivity contribution is -0.143. The molecule has 186 valence electrons. The highest BCUT2D eigenvalue weighted by Crippen LogP contribution is 2.08. The molecule has 12 nitrogen and oxygen atoms in total. The van der Waals surface area contributed by atoms with E-state index in [1.807, 2.05) is 6.92 Å². The Morgan fingerprint density at radius 1 is 1.18 bits per heavy atom. The number of nitrogens with one attached hydrogen (secondary N) is 2. The van der Waals surface area contributed by atoms with E-state index in [0.717, 1.165) is 5.56 Å². The van der Waals surface area contributed by atoms with Gasteiger partial charge in [-0.2, -0.15) is 21.0 Å². The van der Waals surface area contributed by atoms with Gasteiger partial charge in [0.05, 0.1) is 11.5 Å². The molecule has 0 radical (unpaired) electrons. The molecule has 1 aromatic rings. The molecule has 0 aliphatic heterocycles. The second kappa shape index (κ2) is 15.2. The van der Waals surface area contributed by atoms with Crippen molar-refractivity contribution < 1.29 is 42.0 Å². The summed E-state index contributed by atoms with van der Waals surface area (Å²) in [5.41, 5.74) is 6.23. The topological polar surface area (TPSA) is 202 Å². The Morgan fingerprint density at radius 3 is 2.21 bits per heavy atom. The average molecular weight is 508 g/mol. The largest absolute Gasteiger partial charge is 0.480 e. The van der Waals surface area contributed by atoms with Gasteiger partial charge in [0.25, 0.3) is 10.1 Å². The van der Waals surface area contributed by atoms with Crippen molar-refractivity contribution in [2.24, 2.45) is 5.73 Å². The van der Waals surface area contributed by atoms with E-state index in [1.54, 1.807) is 19.1 Å². The van der Waals surface area contributed by atoms with Crippen LogP contribution in [0.3, 0.4) is 0 Å². The SMILES string of the molecule is CCOC(=O)CNC(=O)[C@H](CS)NC(=O)CC[C@H](N)C(=O)O.Cc1ccc(S(=O)(=O)O)cc1. The van der Waals surface area contributed by atoms with Gasteiger partial charge in [-0.15, -0.1) is 0 Å². The second-order valence-electron chi connectivity index (χ2n) is 6.60. The molecule has 0 saturated carbocycles. The summed E-state index contributed by atoms with van der Waals surface area (Å²) in [6.45, 7) is 3.37. The molecule has 0 spiro atoms. The van der Waals surface area contributed by atoms with Crippen LogP contribution in [0.2, 0.25) is 0 Å². The van der Waals surface area contributed by atoms with Crippen LogP contribution in [0.5, 0.6) is 0 Å². The molecule has 0 fully saturated rings. The highest BCUT2D eigenvalue weighted by Gasteiger charge is 2.21. The molecular formula is C19H29N3O9S2. The molecule has 1 rings (SSSR count). The fourth-order valence-corrected chi connectivity index (χ4v) is 2.81. The Kier molecular flexibility index (Phi) is 14.0. The fourth-order valence-electron chi connectivity index (χ4n) is 2.08. The number of esters is 1. The zero-order valence-electron chi connectivity index (χ0n) is 18.2. The van der Waals surface area contributed by atoms with Crippen molar-refractivity contribution in [2.75, 3.05) is 18.9 Å². The number of rotatable bonds is 11. The van der Waals surface area contributed by atoms with Gasteiger partial charge in [-0.3, -0.25) is 23.7 Å². The molecular weight excluding hydrogens is 478 g/mol. The van der Waals surface area contributed by atoms with Crippen molar-refractivity contribution in [2.45, 2.75) is 43.7 Å². The molecule has 0 heterocycles. The summed E-state index contributed by atoms with van der Waals surface area (Å²) in [4.78, 5) is 44.9. The Morgan fingerprint density at radius 2 is 1.76 bits per heavy atom. The number of hydrogen-bond donors (Lipinski definition) is 6. The van der Waals surface area contributed by atoms with Crippen LogP contribution in [0.25, 0.3) is 0 Å². The van der Waals surface area contributed by atoms with Crippen molar-refractivity contribution >= 4 is 46.5 Å². The van der Waals surface area contributed by atoms with Crippen LogP contribution in [-0.4, -0.2) is 72.8 Å². The van der Waals surface area contributed by atoms with Gasteiger partial charge in [-0.1, -0.05) is 17.7 Å². The number of ether oxygens (including phenoxy) is 1. The van der Waals surface area contributed by atoms with Crippen molar-refractivity contribution in [3.8, 4) is 0 Å². The third kappa shape index (κ3) is 13.5. The first-order valence-corrected chi connectivity index (χ1v) is 11.7. The maximum atomic E-state index is 11.8. The van der Waals surface area contributed by atoms with Crippen LogP contribution < -0.4 is 16.4 Å². The third-order valence-corrected chi connectivity index (χ3v) is 5.10. The standard InChI is InChI=1S/C12H21N3O6S.C7H8O3S/c1-2-21-10(17)5-14-11(18)8(6-22)15-9(16)4-3-7(13)12(19)20;1-6-2-4-7(5-3-6)11(8,9)10/h7-8,22H,2-6,13H2,1H3,(H,14,18)(H,15,16)(H,19,20);2-5H,1H3,(H,8,9,10)/t7-,8-;/m0./s1. The number of nitrogens with two attached hydrogens (primary N) is 1. The monoisotopic (exact) mass is 507 g/mol. The number of benzene rings is 1. The Bertz CT molecular complexity index is 906. The van der Waals surface area contributed by atoms with Crippen molar-refractivity contribution in [1.82, 2.24) is 10.6 Å². The summed E-state index contributed by atoms with van der Waals surface area (Å²) < 4.78 is 34.2. The highest BCUT2D eigenvalue weighted by molar-refractivity contribution is 7.85. The summed E-state index contributed by atoms with van der Waals surface area (Å²) in [6.07, 6.45) is -0.187. The first-order chi connectivity index (χ1) is 15.3. The molecule has 6 N–H and O–H groups in total. The van der Waals surface area contributed by atoms with E-state index in [4.69, 9.17) is 15.4 Å². The highest BCUT2D eigenvalue weighted by atomic mass is 32.2. The van der Waals surface area contributed by atoms with Crippen LogP contribution >= 0.6 is 12.6 Å². The van der Waals surface area contributed by atoms with Gasteiger partial charge >= 0.3 is 11.9 Å². The smallest absolute Gasteiger partial charge is 0.325 e.